The molecule has 2 rings (SSSR count). The number of benzene rings is 2. The minimum atomic E-state index is 0.821. The smallest absolute Gasteiger partial charge is 0.0387 e. The summed E-state index contributed by atoms with van der Waals surface area (Å²) < 4.78 is 0. The van der Waals surface area contributed by atoms with Gasteiger partial charge in [0.05, 0.1) is 0 Å². The second-order valence-electron chi connectivity index (χ2n) is 4.58. The van der Waals surface area contributed by atoms with Gasteiger partial charge in [-0.2, -0.15) is 0 Å². The predicted octanol–water partition coefficient (Wildman–Crippen LogP) is 4.69. The summed E-state index contributed by atoms with van der Waals surface area (Å²) in [6.45, 7) is 2.10. The van der Waals surface area contributed by atoms with Crippen LogP contribution in [-0.4, -0.2) is 0 Å². The van der Waals surface area contributed by atoms with Crippen LogP contribution in [0.25, 0.3) is 12.2 Å². The van der Waals surface area contributed by atoms with E-state index < -0.39 is 0 Å². The first-order valence-corrected chi connectivity index (χ1v) is 6.50. The molecule has 19 heavy (non-hydrogen) atoms. The summed E-state index contributed by atoms with van der Waals surface area (Å²) in [5.41, 5.74) is 10.3. The fourth-order valence-corrected chi connectivity index (χ4v) is 1.82. The summed E-state index contributed by atoms with van der Waals surface area (Å²) in [4.78, 5) is 0. The summed E-state index contributed by atoms with van der Waals surface area (Å²) >= 11 is 0. The number of nitrogens with two attached hydrogens (primary N) is 1. The van der Waals surface area contributed by atoms with Crippen molar-refractivity contribution in [1.29, 1.82) is 0 Å². The lowest BCUT2D eigenvalue weighted by Crippen LogP contribution is -1.86. The molecule has 0 bridgehead atoms. The van der Waals surface area contributed by atoms with Crippen molar-refractivity contribution in [2.24, 2.45) is 0 Å². The molecule has 0 spiro atoms. The topological polar surface area (TPSA) is 26.0 Å². The second-order valence-corrected chi connectivity index (χ2v) is 4.58. The number of aryl methyl sites for hydroxylation is 1. The van der Waals surface area contributed by atoms with Crippen LogP contribution in [0.4, 0.5) is 5.69 Å². The quantitative estimate of drug-likeness (QED) is 0.781. The number of hydrogen-bond donors (Lipinski definition) is 1. The minimum Gasteiger partial charge on any atom is -0.398 e. The average Bonchev–Trinajstić information content (AvgIpc) is 2.42. The van der Waals surface area contributed by atoms with E-state index in [1.54, 1.807) is 0 Å². The summed E-state index contributed by atoms with van der Waals surface area (Å²) in [5, 5.41) is 0. The first-order valence-electron chi connectivity index (χ1n) is 6.50. The van der Waals surface area contributed by atoms with E-state index in [4.69, 9.17) is 5.73 Å². The highest BCUT2D eigenvalue weighted by atomic mass is 14.5. The SMILES string of the molecule is Cc1ccc(/C=C/C/C=C\c2ccccc2N)cc1. The Bertz CT molecular complexity index is 577. The van der Waals surface area contributed by atoms with Crippen LogP contribution in [0.5, 0.6) is 0 Å². The number of para-hydroxylation sites is 1. The van der Waals surface area contributed by atoms with Crippen LogP contribution >= 0.6 is 0 Å². The summed E-state index contributed by atoms with van der Waals surface area (Å²) in [6.07, 6.45) is 9.38. The number of anilines is 1. The maximum atomic E-state index is 5.87. The molecule has 0 aliphatic rings. The van der Waals surface area contributed by atoms with Gasteiger partial charge in [-0.15, -0.1) is 0 Å². The molecule has 96 valence electrons. The molecular weight excluding hydrogens is 230 g/mol. The largest absolute Gasteiger partial charge is 0.398 e. The molecule has 1 heteroatoms. The molecule has 2 aromatic rings. The molecule has 0 aliphatic carbocycles. The molecule has 2 aromatic carbocycles. The Morgan fingerprint density at radius 2 is 1.58 bits per heavy atom. The monoisotopic (exact) mass is 249 g/mol. The lowest BCUT2D eigenvalue weighted by atomic mass is 10.1. The van der Waals surface area contributed by atoms with Gasteiger partial charge in [0.15, 0.2) is 0 Å². The van der Waals surface area contributed by atoms with Crippen molar-refractivity contribution >= 4 is 17.8 Å². The molecule has 2 N–H and O–H groups in total. The van der Waals surface area contributed by atoms with Crippen LogP contribution in [0.15, 0.2) is 60.7 Å². The highest BCUT2D eigenvalue weighted by Gasteiger charge is 1.90. The van der Waals surface area contributed by atoms with Gasteiger partial charge in [-0.25, -0.2) is 0 Å². The Hall–Kier alpha value is -2.28. The third-order valence-electron chi connectivity index (χ3n) is 2.95. The van der Waals surface area contributed by atoms with Crippen molar-refractivity contribution in [3.05, 3.63) is 77.4 Å². The zero-order chi connectivity index (χ0) is 13.5. The van der Waals surface area contributed by atoms with E-state index in [1.165, 1.54) is 11.1 Å². The summed E-state index contributed by atoms with van der Waals surface area (Å²) in [6, 6.07) is 16.4. The molecule has 0 fully saturated rings. The molecule has 0 amide bonds. The maximum absolute atomic E-state index is 5.87. The predicted molar refractivity (Wildman–Crippen MR) is 84.7 cm³/mol. The van der Waals surface area contributed by atoms with Crippen LogP contribution < -0.4 is 5.73 Å². The number of allylic oxidation sites excluding steroid dienone is 2. The van der Waals surface area contributed by atoms with E-state index in [2.05, 4.69) is 55.5 Å². The van der Waals surface area contributed by atoms with Gasteiger partial charge in [-0.05, 0) is 30.5 Å². The van der Waals surface area contributed by atoms with Crippen LogP contribution in [0.1, 0.15) is 23.1 Å². The summed E-state index contributed by atoms with van der Waals surface area (Å²) in [5.74, 6) is 0. The highest BCUT2D eigenvalue weighted by Crippen LogP contribution is 2.12. The first-order chi connectivity index (χ1) is 9.25. The highest BCUT2D eigenvalue weighted by molar-refractivity contribution is 5.64. The van der Waals surface area contributed by atoms with Crippen molar-refractivity contribution in [3.8, 4) is 0 Å². The standard InChI is InChI=1S/C18H19N/c1-15-11-13-16(14-12-15)7-3-2-4-8-17-9-5-6-10-18(17)19/h3-14H,2,19H2,1H3/b7-3+,8-4-. The summed E-state index contributed by atoms with van der Waals surface area (Å²) in [7, 11) is 0. The second kappa shape index (κ2) is 6.60. The number of nitrogen functional groups attached to an aromatic ring is 1. The third-order valence-corrected chi connectivity index (χ3v) is 2.95. The fraction of sp³-hybridized carbons (Fsp3) is 0.111. The van der Waals surface area contributed by atoms with Crippen molar-refractivity contribution < 1.29 is 0 Å². The van der Waals surface area contributed by atoms with E-state index >= 15 is 0 Å². The Balaban J connectivity index is 1.90. The van der Waals surface area contributed by atoms with Gasteiger partial charge in [0.25, 0.3) is 0 Å². The van der Waals surface area contributed by atoms with E-state index in [0.717, 1.165) is 17.7 Å². The first kappa shape index (κ1) is 13.2. The lowest BCUT2D eigenvalue weighted by Gasteiger charge is -1.97. The van der Waals surface area contributed by atoms with Crippen LogP contribution in [0, 0.1) is 6.92 Å². The molecule has 0 aromatic heterocycles. The zero-order valence-corrected chi connectivity index (χ0v) is 11.2. The van der Waals surface area contributed by atoms with E-state index in [-0.39, 0.29) is 0 Å². The van der Waals surface area contributed by atoms with Gasteiger partial charge in [-0.3, -0.25) is 0 Å². The van der Waals surface area contributed by atoms with Crippen molar-refractivity contribution in [1.82, 2.24) is 0 Å². The molecule has 0 radical (unpaired) electrons. The zero-order valence-electron chi connectivity index (χ0n) is 11.2. The molecule has 0 aliphatic heterocycles. The van der Waals surface area contributed by atoms with Gasteiger partial charge >= 0.3 is 0 Å². The van der Waals surface area contributed by atoms with Gasteiger partial charge in [0, 0.05) is 5.69 Å². The molecular formula is C18H19N. The number of hydrogen-bond acceptors (Lipinski definition) is 1. The molecule has 0 saturated carbocycles. The van der Waals surface area contributed by atoms with E-state index in [1.807, 2.05) is 24.3 Å². The molecule has 0 saturated heterocycles. The molecule has 0 heterocycles. The molecule has 0 atom stereocenters. The van der Waals surface area contributed by atoms with Crippen LogP contribution in [-0.2, 0) is 0 Å². The van der Waals surface area contributed by atoms with Crippen LogP contribution in [0.2, 0.25) is 0 Å². The lowest BCUT2D eigenvalue weighted by molar-refractivity contribution is 1.41. The van der Waals surface area contributed by atoms with Crippen LogP contribution in [0.3, 0.4) is 0 Å². The Kier molecular flexibility index (Phi) is 4.57. The van der Waals surface area contributed by atoms with Gasteiger partial charge in [-0.1, -0.05) is 72.3 Å². The Labute approximate surface area is 115 Å². The van der Waals surface area contributed by atoms with Gasteiger partial charge in [0.2, 0.25) is 0 Å². The van der Waals surface area contributed by atoms with E-state index in [9.17, 15) is 0 Å². The van der Waals surface area contributed by atoms with Crippen molar-refractivity contribution in [3.63, 3.8) is 0 Å². The number of rotatable bonds is 4. The minimum absolute atomic E-state index is 0.821. The van der Waals surface area contributed by atoms with Crippen molar-refractivity contribution in [2.45, 2.75) is 13.3 Å². The third kappa shape index (κ3) is 4.14. The van der Waals surface area contributed by atoms with Gasteiger partial charge in [0.1, 0.15) is 0 Å². The molecule has 0 unspecified atom stereocenters. The normalized spacial score (nSPS) is 11.4. The van der Waals surface area contributed by atoms with E-state index in [0.29, 0.717) is 0 Å². The van der Waals surface area contributed by atoms with Crippen molar-refractivity contribution in [2.75, 3.05) is 5.73 Å². The Morgan fingerprint density at radius 3 is 2.32 bits per heavy atom. The fourth-order valence-electron chi connectivity index (χ4n) is 1.82. The maximum Gasteiger partial charge on any atom is 0.0387 e. The average molecular weight is 249 g/mol. The Morgan fingerprint density at radius 1 is 0.895 bits per heavy atom. The molecule has 1 nitrogen and oxygen atoms in total. The van der Waals surface area contributed by atoms with Gasteiger partial charge < -0.3 is 5.73 Å².